The normalized spacial score (nSPS) is 12.5. The molecule has 0 bridgehead atoms. The van der Waals surface area contributed by atoms with E-state index < -0.39 is 0 Å². The van der Waals surface area contributed by atoms with Gasteiger partial charge in [-0.25, -0.2) is 0 Å². The molecule has 1 unspecified atom stereocenters. The van der Waals surface area contributed by atoms with Gasteiger partial charge >= 0.3 is 0 Å². The first-order valence-corrected chi connectivity index (χ1v) is 6.47. The molecule has 1 aromatic heterocycles. The number of aromatic nitrogens is 2. The number of nitrogens with one attached hydrogen (secondary N) is 1. The Morgan fingerprint density at radius 1 is 1.50 bits per heavy atom. The maximum atomic E-state index is 12.1. The van der Waals surface area contributed by atoms with Crippen LogP contribution in [0.3, 0.4) is 0 Å². The number of carbonyl (C=O) groups excluding carboxylic acids is 1. The fraction of sp³-hybridized carbons (Fsp3) is 0.692. The molecule has 0 aromatic carbocycles. The second kappa shape index (κ2) is 6.54. The molecule has 2 N–H and O–H groups in total. The van der Waals surface area contributed by atoms with Crippen molar-refractivity contribution in [2.75, 3.05) is 6.61 Å². The largest absolute Gasteiger partial charge is 0.396 e. The van der Waals surface area contributed by atoms with Crippen molar-refractivity contribution in [1.82, 2.24) is 15.1 Å². The van der Waals surface area contributed by atoms with Crippen LogP contribution in [0.2, 0.25) is 0 Å². The van der Waals surface area contributed by atoms with E-state index in [1.165, 1.54) is 0 Å². The molecule has 1 amide bonds. The monoisotopic (exact) mass is 253 g/mol. The lowest BCUT2D eigenvalue weighted by atomic mass is 10.1. The lowest BCUT2D eigenvalue weighted by Crippen LogP contribution is -2.33. The molecule has 0 aliphatic carbocycles. The molecular weight excluding hydrogens is 230 g/mol. The quantitative estimate of drug-likeness (QED) is 0.805. The van der Waals surface area contributed by atoms with Crippen molar-refractivity contribution >= 4 is 5.91 Å². The maximum absolute atomic E-state index is 12.1. The number of nitrogens with zero attached hydrogens (tertiary/aromatic N) is 2. The van der Waals surface area contributed by atoms with Crippen molar-refractivity contribution in [2.45, 2.75) is 53.1 Å². The average Bonchev–Trinajstić information content (AvgIpc) is 2.55. The highest BCUT2D eigenvalue weighted by atomic mass is 16.3. The Kier molecular flexibility index (Phi) is 5.34. The molecule has 0 saturated heterocycles. The van der Waals surface area contributed by atoms with Crippen LogP contribution in [-0.2, 0) is 6.54 Å². The second-order valence-electron chi connectivity index (χ2n) is 4.66. The zero-order valence-electron chi connectivity index (χ0n) is 11.7. The zero-order valence-corrected chi connectivity index (χ0v) is 11.7. The topological polar surface area (TPSA) is 67.2 Å². The summed E-state index contributed by atoms with van der Waals surface area (Å²) >= 11 is 0. The molecule has 102 valence electrons. The summed E-state index contributed by atoms with van der Waals surface area (Å²) in [5.41, 5.74) is 2.32. The summed E-state index contributed by atoms with van der Waals surface area (Å²) in [6, 6.07) is -0.0316. The maximum Gasteiger partial charge on any atom is 0.255 e. The van der Waals surface area contributed by atoms with Crippen LogP contribution in [0.15, 0.2) is 0 Å². The fourth-order valence-corrected chi connectivity index (χ4v) is 2.02. The van der Waals surface area contributed by atoms with Crippen molar-refractivity contribution < 1.29 is 9.90 Å². The average molecular weight is 253 g/mol. The molecule has 0 aliphatic rings. The molecule has 0 aliphatic heterocycles. The van der Waals surface area contributed by atoms with Gasteiger partial charge in [0.1, 0.15) is 0 Å². The van der Waals surface area contributed by atoms with E-state index in [1.807, 2.05) is 25.5 Å². The van der Waals surface area contributed by atoms with Gasteiger partial charge in [-0.1, -0.05) is 6.92 Å². The third-order valence-electron chi connectivity index (χ3n) is 2.98. The summed E-state index contributed by atoms with van der Waals surface area (Å²) in [5, 5.41) is 16.1. The van der Waals surface area contributed by atoms with E-state index in [2.05, 4.69) is 17.3 Å². The first kappa shape index (κ1) is 14.7. The summed E-state index contributed by atoms with van der Waals surface area (Å²) in [6.07, 6.45) is 1.55. The number of amides is 1. The van der Waals surface area contributed by atoms with Gasteiger partial charge in [-0.05, 0) is 33.6 Å². The minimum absolute atomic E-state index is 0.0316. The minimum atomic E-state index is -0.103. The van der Waals surface area contributed by atoms with Gasteiger partial charge in [0, 0.05) is 24.9 Å². The van der Waals surface area contributed by atoms with Gasteiger partial charge in [-0.3, -0.25) is 9.48 Å². The van der Waals surface area contributed by atoms with Gasteiger partial charge in [0.25, 0.3) is 5.91 Å². The van der Waals surface area contributed by atoms with E-state index in [0.717, 1.165) is 24.4 Å². The van der Waals surface area contributed by atoms with Crippen LogP contribution >= 0.6 is 0 Å². The fourth-order valence-electron chi connectivity index (χ4n) is 2.02. The highest BCUT2D eigenvalue weighted by molar-refractivity contribution is 5.96. The molecule has 5 heteroatoms. The molecule has 1 atom stereocenters. The van der Waals surface area contributed by atoms with Crippen molar-refractivity contribution in [3.63, 3.8) is 0 Å². The van der Waals surface area contributed by atoms with E-state index >= 15 is 0 Å². The first-order chi connectivity index (χ1) is 8.51. The zero-order chi connectivity index (χ0) is 13.7. The summed E-state index contributed by atoms with van der Waals surface area (Å²) in [4.78, 5) is 12.1. The highest BCUT2D eigenvalue weighted by Gasteiger charge is 2.19. The Morgan fingerprint density at radius 3 is 2.72 bits per heavy atom. The lowest BCUT2D eigenvalue weighted by molar-refractivity contribution is 0.0933. The van der Waals surface area contributed by atoms with Gasteiger partial charge < -0.3 is 10.4 Å². The third-order valence-corrected chi connectivity index (χ3v) is 2.98. The number of carbonyl (C=O) groups is 1. The van der Waals surface area contributed by atoms with Gasteiger partial charge in [0.15, 0.2) is 0 Å². The van der Waals surface area contributed by atoms with Crippen molar-refractivity contribution in [1.29, 1.82) is 0 Å². The molecule has 1 aromatic rings. The number of aliphatic hydroxyl groups excluding tert-OH is 1. The van der Waals surface area contributed by atoms with Crippen LogP contribution in [0.5, 0.6) is 0 Å². The molecule has 0 saturated carbocycles. The smallest absolute Gasteiger partial charge is 0.255 e. The van der Waals surface area contributed by atoms with E-state index in [0.29, 0.717) is 12.0 Å². The Bertz CT molecular complexity index is 413. The van der Waals surface area contributed by atoms with Crippen molar-refractivity contribution in [3.05, 3.63) is 17.0 Å². The number of hydrogen-bond donors (Lipinski definition) is 2. The van der Waals surface area contributed by atoms with E-state index in [9.17, 15) is 4.79 Å². The van der Waals surface area contributed by atoms with E-state index in [-0.39, 0.29) is 18.6 Å². The molecule has 1 rings (SSSR count). The van der Waals surface area contributed by atoms with Crippen LogP contribution in [-0.4, -0.2) is 33.4 Å². The Hall–Kier alpha value is -1.36. The van der Waals surface area contributed by atoms with E-state index in [1.54, 1.807) is 0 Å². The number of rotatable bonds is 6. The van der Waals surface area contributed by atoms with Crippen LogP contribution in [0, 0.1) is 13.8 Å². The second-order valence-corrected chi connectivity index (χ2v) is 4.66. The SMILES string of the molecule is CCCn1nc(C)c(C(=O)NC(C)CCO)c1C. The molecule has 0 fully saturated rings. The Morgan fingerprint density at radius 2 is 2.17 bits per heavy atom. The van der Waals surface area contributed by atoms with Crippen LogP contribution in [0.4, 0.5) is 0 Å². The number of aliphatic hydroxyl groups is 1. The van der Waals surface area contributed by atoms with E-state index in [4.69, 9.17) is 5.11 Å². The highest BCUT2D eigenvalue weighted by Crippen LogP contribution is 2.13. The summed E-state index contributed by atoms with van der Waals surface area (Å²) in [6.45, 7) is 8.64. The molecule has 1 heterocycles. The van der Waals surface area contributed by atoms with Gasteiger partial charge in [0.05, 0.1) is 11.3 Å². The molecule has 18 heavy (non-hydrogen) atoms. The lowest BCUT2D eigenvalue weighted by Gasteiger charge is -2.12. The Labute approximate surface area is 108 Å². The molecule has 5 nitrogen and oxygen atoms in total. The van der Waals surface area contributed by atoms with Crippen LogP contribution < -0.4 is 5.32 Å². The van der Waals surface area contributed by atoms with Gasteiger partial charge in [-0.15, -0.1) is 0 Å². The number of aryl methyl sites for hydroxylation is 2. The van der Waals surface area contributed by atoms with Crippen molar-refractivity contribution in [2.24, 2.45) is 0 Å². The van der Waals surface area contributed by atoms with Crippen molar-refractivity contribution in [3.8, 4) is 0 Å². The summed E-state index contributed by atoms with van der Waals surface area (Å²) < 4.78 is 1.88. The summed E-state index contributed by atoms with van der Waals surface area (Å²) in [7, 11) is 0. The van der Waals surface area contributed by atoms with Gasteiger partial charge in [0.2, 0.25) is 0 Å². The van der Waals surface area contributed by atoms with Gasteiger partial charge in [-0.2, -0.15) is 5.10 Å². The third kappa shape index (κ3) is 3.32. The number of hydrogen-bond acceptors (Lipinski definition) is 3. The predicted octanol–water partition coefficient (Wildman–Crippen LogP) is 1.41. The predicted molar refractivity (Wildman–Crippen MR) is 70.6 cm³/mol. The molecule has 0 radical (unpaired) electrons. The van der Waals surface area contributed by atoms with Crippen LogP contribution in [0.1, 0.15) is 48.4 Å². The minimum Gasteiger partial charge on any atom is -0.396 e. The Balaban J connectivity index is 2.85. The molecular formula is C13H23N3O2. The summed E-state index contributed by atoms with van der Waals surface area (Å²) in [5.74, 6) is -0.103. The standard InChI is InChI=1S/C13H23N3O2/c1-5-7-16-11(4)12(10(3)15-16)13(18)14-9(2)6-8-17/h9,17H,5-8H2,1-4H3,(H,14,18). The molecule has 0 spiro atoms. The first-order valence-electron chi connectivity index (χ1n) is 6.47. The van der Waals surface area contributed by atoms with Crippen LogP contribution in [0.25, 0.3) is 0 Å².